The van der Waals surface area contributed by atoms with Crippen molar-refractivity contribution in [2.24, 2.45) is 0 Å². The summed E-state index contributed by atoms with van der Waals surface area (Å²) in [6, 6.07) is 7.94. The lowest BCUT2D eigenvalue weighted by Crippen LogP contribution is -2.40. The summed E-state index contributed by atoms with van der Waals surface area (Å²) in [6.45, 7) is 1.52. The molecule has 1 saturated heterocycles. The van der Waals surface area contributed by atoms with E-state index in [1.54, 1.807) is 0 Å². The quantitative estimate of drug-likeness (QED) is 0.665. The van der Waals surface area contributed by atoms with Crippen molar-refractivity contribution in [1.29, 1.82) is 5.26 Å². The maximum absolute atomic E-state index is 9.06. The Morgan fingerprint density at radius 3 is 2.81 bits per heavy atom. The molecule has 0 amide bonds. The monoisotopic (exact) mass is 215 g/mol. The normalized spacial score (nSPS) is 21.2. The number of benzene rings is 1. The van der Waals surface area contributed by atoms with Crippen molar-refractivity contribution in [3.63, 3.8) is 0 Å². The Morgan fingerprint density at radius 1 is 1.25 bits per heavy atom. The highest BCUT2D eigenvalue weighted by Gasteiger charge is 2.41. The van der Waals surface area contributed by atoms with Gasteiger partial charge in [-0.25, -0.2) is 0 Å². The highest BCUT2D eigenvalue weighted by atomic mass is 16.5. The molecule has 1 fully saturated rings. The van der Waals surface area contributed by atoms with Gasteiger partial charge in [-0.15, -0.1) is 0 Å². The summed E-state index contributed by atoms with van der Waals surface area (Å²) in [5.74, 6) is 0.890. The van der Waals surface area contributed by atoms with Gasteiger partial charge in [-0.1, -0.05) is 6.07 Å². The zero-order valence-electron chi connectivity index (χ0n) is 9.03. The minimum Gasteiger partial charge on any atom is -0.486 e. The number of hydrogen-bond donors (Lipinski definition) is 0. The molecule has 2 aliphatic heterocycles. The maximum atomic E-state index is 9.06. The molecule has 0 atom stereocenters. The van der Waals surface area contributed by atoms with Crippen LogP contribution in [0, 0.1) is 11.3 Å². The van der Waals surface area contributed by atoms with Crippen molar-refractivity contribution in [2.45, 2.75) is 24.9 Å². The average Bonchev–Trinajstić information content (AvgIpc) is 2.67. The molecule has 0 N–H and O–H groups in total. The van der Waals surface area contributed by atoms with Crippen LogP contribution in [-0.2, 0) is 11.2 Å². The lowest BCUT2D eigenvalue weighted by atomic mass is 9.88. The predicted octanol–water partition coefficient (Wildman–Crippen LogP) is 2.04. The van der Waals surface area contributed by atoms with Crippen molar-refractivity contribution < 1.29 is 9.47 Å². The molecule has 2 heterocycles. The van der Waals surface area contributed by atoms with E-state index in [1.807, 2.05) is 18.2 Å². The van der Waals surface area contributed by atoms with Gasteiger partial charge in [0.2, 0.25) is 0 Å². The number of rotatable bonds is 0. The summed E-state index contributed by atoms with van der Waals surface area (Å²) in [5.41, 5.74) is 1.72. The highest BCUT2D eigenvalue weighted by Crippen LogP contribution is 2.41. The van der Waals surface area contributed by atoms with Crippen LogP contribution in [0.4, 0.5) is 0 Å². The molecule has 1 aromatic carbocycles. The molecule has 82 valence electrons. The predicted molar refractivity (Wildman–Crippen MR) is 58.3 cm³/mol. The molecule has 0 aromatic heterocycles. The molecular formula is C13H13NO2. The van der Waals surface area contributed by atoms with E-state index < -0.39 is 0 Å². The van der Waals surface area contributed by atoms with E-state index in [0.717, 1.165) is 49.4 Å². The Balaban J connectivity index is 1.97. The summed E-state index contributed by atoms with van der Waals surface area (Å²) >= 11 is 0. The highest BCUT2D eigenvalue weighted by molar-refractivity contribution is 5.50. The van der Waals surface area contributed by atoms with Crippen LogP contribution in [0.5, 0.6) is 5.75 Å². The number of nitriles is 1. The molecule has 2 aliphatic rings. The summed E-state index contributed by atoms with van der Waals surface area (Å²) in [7, 11) is 0. The van der Waals surface area contributed by atoms with Crippen molar-refractivity contribution in [1.82, 2.24) is 0 Å². The summed E-state index contributed by atoms with van der Waals surface area (Å²) in [4.78, 5) is 0. The van der Waals surface area contributed by atoms with E-state index in [-0.39, 0.29) is 5.60 Å². The molecule has 1 spiro atoms. The molecule has 3 rings (SSSR count). The van der Waals surface area contributed by atoms with E-state index in [1.165, 1.54) is 0 Å². The number of ether oxygens (including phenoxy) is 2. The molecule has 16 heavy (non-hydrogen) atoms. The van der Waals surface area contributed by atoms with Crippen LogP contribution < -0.4 is 4.74 Å². The third kappa shape index (κ3) is 1.38. The molecule has 3 heteroatoms. The van der Waals surface area contributed by atoms with E-state index in [0.29, 0.717) is 0 Å². The van der Waals surface area contributed by atoms with Crippen LogP contribution in [0.1, 0.15) is 24.0 Å². The molecule has 3 nitrogen and oxygen atoms in total. The minimum atomic E-state index is -0.104. The first-order valence-corrected chi connectivity index (χ1v) is 5.62. The lowest BCUT2D eigenvalue weighted by Gasteiger charge is -2.32. The van der Waals surface area contributed by atoms with Gasteiger partial charge >= 0.3 is 0 Å². The fraction of sp³-hybridized carbons (Fsp3) is 0.462. The van der Waals surface area contributed by atoms with Gasteiger partial charge < -0.3 is 9.47 Å². The van der Waals surface area contributed by atoms with Crippen molar-refractivity contribution in [3.8, 4) is 11.8 Å². The Bertz CT molecular complexity index is 455. The van der Waals surface area contributed by atoms with Crippen LogP contribution in [0.3, 0.4) is 0 Å². The second-order valence-corrected chi connectivity index (χ2v) is 4.47. The summed E-state index contributed by atoms with van der Waals surface area (Å²) in [6.07, 6.45) is 2.70. The number of fused-ring (bicyclic) bond motifs is 1. The molecule has 1 aromatic rings. The zero-order chi connectivity index (χ0) is 11.0. The van der Waals surface area contributed by atoms with Crippen LogP contribution in [0.2, 0.25) is 0 Å². The van der Waals surface area contributed by atoms with Gasteiger partial charge in [0.1, 0.15) is 11.4 Å². The van der Waals surface area contributed by atoms with E-state index >= 15 is 0 Å². The second kappa shape index (κ2) is 3.50. The molecule has 0 unspecified atom stereocenters. The fourth-order valence-electron chi connectivity index (χ4n) is 2.56. The van der Waals surface area contributed by atoms with Gasteiger partial charge in [0.15, 0.2) is 0 Å². The first kappa shape index (κ1) is 9.68. The molecule has 0 bridgehead atoms. The smallest absolute Gasteiger partial charge is 0.124 e. The van der Waals surface area contributed by atoms with Crippen LogP contribution in [0.15, 0.2) is 18.2 Å². The lowest BCUT2D eigenvalue weighted by molar-refractivity contribution is -0.0330. The van der Waals surface area contributed by atoms with Gasteiger partial charge in [0.25, 0.3) is 0 Å². The van der Waals surface area contributed by atoms with Crippen LogP contribution in [0.25, 0.3) is 0 Å². The second-order valence-electron chi connectivity index (χ2n) is 4.47. The maximum Gasteiger partial charge on any atom is 0.124 e. The third-order valence-corrected chi connectivity index (χ3v) is 3.48. The molecule has 0 radical (unpaired) electrons. The summed E-state index contributed by atoms with van der Waals surface area (Å²) in [5, 5.41) is 9.06. The Hall–Kier alpha value is -1.53. The van der Waals surface area contributed by atoms with Crippen LogP contribution in [-0.4, -0.2) is 18.8 Å². The standard InChI is InChI=1S/C13H13NO2/c14-9-10-2-1-3-12-11(10)8-13(16-12)4-6-15-7-5-13/h1-3H,4-8H2. The molecule has 0 saturated carbocycles. The van der Waals surface area contributed by atoms with Gasteiger partial charge in [0, 0.05) is 24.8 Å². The Morgan fingerprint density at radius 2 is 2.06 bits per heavy atom. The van der Waals surface area contributed by atoms with Gasteiger partial charge in [-0.3, -0.25) is 0 Å². The van der Waals surface area contributed by atoms with Gasteiger partial charge in [-0.2, -0.15) is 5.26 Å². The van der Waals surface area contributed by atoms with E-state index in [4.69, 9.17) is 14.7 Å². The Kier molecular flexibility index (Phi) is 2.12. The van der Waals surface area contributed by atoms with E-state index in [9.17, 15) is 0 Å². The van der Waals surface area contributed by atoms with Gasteiger partial charge in [-0.05, 0) is 12.1 Å². The van der Waals surface area contributed by atoms with Crippen LogP contribution >= 0.6 is 0 Å². The number of hydrogen-bond acceptors (Lipinski definition) is 3. The molecule has 0 aliphatic carbocycles. The zero-order valence-corrected chi connectivity index (χ0v) is 9.03. The topological polar surface area (TPSA) is 42.2 Å². The van der Waals surface area contributed by atoms with Crippen molar-refractivity contribution in [3.05, 3.63) is 29.3 Å². The van der Waals surface area contributed by atoms with Gasteiger partial charge in [0.05, 0.1) is 24.8 Å². The largest absolute Gasteiger partial charge is 0.486 e. The number of nitrogens with zero attached hydrogens (tertiary/aromatic N) is 1. The fourth-order valence-corrected chi connectivity index (χ4v) is 2.56. The SMILES string of the molecule is N#Cc1cccc2c1CC1(CCOCC1)O2. The average molecular weight is 215 g/mol. The summed E-state index contributed by atoms with van der Waals surface area (Å²) < 4.78 is 11.4. The van der Waals surface area contributed by atoms with E-state index in [2.05, 4.69) is 6.07 Å². The Labute approximate surface area is 94.6 Å². The molecular weight excluding hydrogens is 202 g/mol. The van der Waals surface area contributed by atoms with Crippen molar-refractivity contribution in [2.75, 3.05) is 13.2 Å². The first-order chi connectivity index (χ1) is 7.83. The van der Waals surface area contributed by atoms with Crippen molar-refractivity contribution >= 4 is 0 Å². The third-order valence-electron chi connectivity index (χ3n) is 3.48. The first-order valence-electron chi connectivity index (χ1n) is 5.62. The minimum absolute atomic E-state index is 0.104.